The summed E-state index contributed by atoms with van der Waals surface area (Å²) in [5, 5.41) is 0. The van der Waals surface area contributed by atoms with Gasteiger partial charge in [-0.3, -0.25) is 0 Å². The second-order valence-corrected chi connectivity index (χ2v) is 39.6. The molecule has 4 aliphatic carbocycles. The fourth-order valence-corrected chi connectivity index (χ4v) is 23.0. The highest BCUT2D eigenvalue weighted by Crippen LogP contribution is 2.66. The number of para-hydroxylation sites is 6. The van der Waals surface area contributed by atoms with Gasteiger partial charge < -0.3 is 28.4 Å². The van der Waals surface area contributed by atoms with Crippen molar-refractivity contribution in [2.45, 2.75) is 77.0 Å². The Morgan fingerprint density at radius 3 is 0.662 bits per heavy atom. The zero-order chi connectivity index (χ0) is 96.3. The Kier molecular flexibility index (Phi) is 21.6. The summed E-state index contributed by atoms with van der Waals surface area (Å²) in [5.41, 5.74) is 37.0. The highest BCUT2D eigenvalue weighted by Gasteiger charge is 2.53. The summed E-state index contributed by atoms with van der Waals surface area (Å²) >= 11 is 0. The Labute approximate surface area is 829 Å². The Morgan fingerprint density at radius 2 is 0.380 bits per heavy atom. The first kappa shape index (κ1) is 87.6. The van der Waals surface area contributed by atoms with Crippen LogP contribution < -0.4 is 19.6 Å². The Bertz CT molecular complexity index is 8390. The Hall–Kier alpha value is -17.2. The lowest BCUT2D eigenvalue weighted by molar-refractivity contribution is 0.592. The Balaban J connectivity index is 0.000000154. The number of nitrogens with zero attached hydrogens (tertiary/aromatic N) is 4. The molecule has 19 aromatic carbocycles. The lowest BCUT2D eigenvalue weighted by atomic mass is 9.74. The number of benzene rings is 19. The highest BCUT2D eigenvalue weighted by atomic mass is 19.1. The molecule has 6 nitrogen and oxygen atoms in total. The molecular formula is C134H102F2N4O2. The van der Waals surface area contributed by atoms with Crippen LogP contribution in [0.2, 0.25) is 0 Å². The van der Waals surface area contributed by atoms with Crippen molar-refractivity contribution >= 4 is 68.2 Å². The molecule has 0 atom stereocenters. The molecule has 142 heavy (non-hydrogen) atoms. The molecule has 2 aromatic heterocycles. The quantitative estimate of drug-likeness (QED) is 0.0803. The molecule has 2 heterocycles. The van der Waals surface area contributed by atoms with Crippen LogP contribution in [0.25, 0.3) is 123 Å². The van der Waals surface area contributed by atoms with Crippen LogP contribution in [0, 0.1) is 11.6 Å². The molecule has 0 aliphatic heterocycles. The van der Waals surface area contributed by atoms with Crippen LogP contribution >= 0.6 is 0 Å². The van der Waals surface area contributed by atoms with E-state index in [2.05, 4.69) is 415 Å². The van der Waals surface area contributed by atoms with E-state index in [1.165, 1.54) is 38.9 Å². The van der Waals surface area contributed by atoms with Gasteiger partial charge in [-0.25, -0.2) is 8.78 Å². The third-order valence-electron chi connectivity index (χ3n) is 29.7. The number of furan rings is 2. The van der Waals surface area contributed by atoms with Crippen LogP contribution in [-0.2, 0) is 21.7 Å². The normalized spacial score (nSPS) is 13.5. The van der Waals surface area contributed by atoms with Gasteiger partial charge in [0.15, 0.2) is 0 Å². The summed E-state index contributed by atoms with van der Waals surface area (Å²) in [6, 6.07) is 164. The molecular weight excluding hydrogens is 1740 g/mol. The first-order valence-corrected chi connectivity index (χ1v) is 49.0. The van der Waals surface area contributed by atoms with Gasteiger partial charge in [-0.15, -0.1) is 0 Å². The summed E-state index contributed by atoms with van der Waals surface area (Å²) in [7, 11) is 0. The van der Waals surface area contributed by atoms with E-state index in [4.69, 9.17) is 8.83 Å². The number of hydrogen-bond donors (Lipinski definition) is 0. The van der Waals surface area contributed by atoms with Crippen molar-refractivity contribution in [3.63, 3.8) is 0 Å². The highest BCUT2D eigenvalue weighted by molar-refractivity contribution is 6.01. The topological polar surface area (TPSA) is 39.2 Å². The predicted molar refractivity (Wildman–Crippen MR) is 584 cm³/mol. The number of halogens is 2. The molecule has 0 fully saturated rings. The molecule has 0 unspecified atom stereocenters. The van der Waals surface area contributed by atoms with E-state index in [1.54, 1.807) is 12.1 Å². The molecule has 0 saturated heterocycles. The summed E-state index contributed by atoms with van der Waals surface area (Å²) < 4.78 is 49.7. The molecule has 684 valence electrons. The van der Waals surface area contributed by atoms with Crippen molar-refractivity contribution in [1.82, 2.24) is 0 Å². The van der Waals surface area contributed by atoms with E-state index in [1.807, 2.05) is 121 Å². The molecule has 4 aliphatic rings. The van der Waals surface area contributed by atoms with Crippen LogP contribution in [0.3, 0.4) is 0 Å². The van der Waals surface area contributed by atoms with Crippen molar-refractivity contribution in [3.05, 3.63) is 529 Å². The molecule has 25 rings (SSSR count). The third kappa shape index (κ3) is 14.7. The summed E-state index contributed by atoms with van der Waals surface area (Å²) in [6.45, 7) is 18.7. The maximum Gasteiger partial charge on any atom is 0.148 e. The first-order valence-electron chi connectivity index (χ1n) is 49.0. The summed E-state index contributed by atoms with van der Waals surface area (Å²) in [6.07, 6.45) is 0. The molecule has 0 bridgehead atoms. The molecule has 0 spiro atoms. The van der Waals surface area contributed by atoms with Crippen molar-refractivity contribution in [1.29, 1.82) is 0 Å². The van der Waals surface area contributed by atoms with E-state index in [0.717, 1.165) is 186 Å². The second-order valence-electron chi connectivity index (χ2n) is 39.6. The molecule has 21 aromatic rings. The van der Waals surface area contributed by atoms with Gasteiger partial charge in [0.25, 0.3) is 0 Å². The predicted octanol–water partition coefficient (Wildman–Crippen LogP) is 37.6. The fraction of sp³-hybridized carbons (Fsp3) is 0.0896. The SMILES string of the molecule is CC1(C)c2cc(N(c3ccccc3)c3ccccc3-c3ccccc3)ccc2-c2oc3c(c21)C(C)(C)c1cc(N(c2ccccc2)c2c(F)cc(-c4ccccc4)cc2-c2ccccc2)ccc1-3.CC1(C)c2cc(N(c3ccccc3)c3ccccc3-c3ccccc3)ccc2-c2oc3c(c21)C(C)(C)c1cc(N(c2ccccc2-c2ccccc2)c2c(F)cc(-c4ccccc4)cc2-c2ccccc2)ccc1-3. The van der Waals surface area contributed by atoms with Crippen molar-refractivity contribution in [3.8, 4) is 123 Å². The van der Waals surface area contributed by atoms with Gasteiger partial charge >= 0.3 is 0 Å². The van der Waals surface area contributed by atoms with Crippen molar-refractivity contribution in [2.24, 2.45) is 0 Å². The van der Waals surface area contributed by atoms with Crippen molar-refractivity contribution < 1.29 is 17.6 Å². The van der Waals surface area contributed by atoms with Crippen LogP contribution in [0.1, 0.15) is 99.9 Å². The van der Waals surface area contributed by atoms with E-state index in [9.17, 15) is 0 Å². The number of fused-ring (bicyclic) bond motifs is 14. The largest absolute Gasteiger partial charge is 0.455 e. The summed E-state index contributed by atoms with van der Waals surface area (Å²) in [4.78, 5) is 8.99. The lowest BCUT2D eigenvalue weighted by Gasteiger charge is -2.32. The number of anilines is 12. The molecule has 0 radical (unpaired) electrons. The minimum absolute atomic E-state index is 0.299. The van der Waals surface area contributed by atoms with E-state index in [-0.39, 0.29) is 17.0 Å². The summed E-state index contributed by atoms with van der Waals surface area (Å²) in [5.74, 6) is 3.09. The van der Waals surface area contributed by atoms with Crippen LogP contribution in [-0.4, -0.2) is 0 Å². The zero-order valence-corrected chi connectivity index (χ0v) is 80.4. The first-order chi connectivity index (χ1) is 69.3. The second kappa shape index (κ2) is 35.0. The number of rotatable bonds is 19. The lowest BCUT2D eigenvalue weighted by Crippen LogP contribution is -2.24. The van der Waals surface area contributed by atoms with Crippen LogP contribution in [0.15, 0.2) is 482 Å². The van der Waals surface area contributed by atoms with E-state index < -0.39 is 16.2 Å². The maximum atomic E-state index is 17.9. The maximum absolute atomic E-state index is 17.9. The third-order valence-corrected chi connectivity index (χ3v) is 29.7. The van der Waals surface area contributed by atoms with Gasteiger partial charge in [-0.05, 0) is 224 Å². The average Bonchev–Trinajstić information content (AvgIpc) is 1.52. The molecule has 0 amide bonds. The van der Waals surface area contributed by atoms with Gasteiger partial charge in [0.05, 0.1) is 28.4 Å². The van der Waals surface area contributed by atoms with Crippen LogP contribution in [0.5, 0.6) is 0 Å². The zero-order valence-electron chi connectivity index (χ0n) is 80.4. The van der Waals surface area contributed by atoms with Crippen LogP contribution in [0.4, 0.5) is 77.0 Å². The van der Waals surface area contributed by atoms with Gasteiger partial charge in [-0.1, -0.05) is 377 Å². The average molecular weight is 1840 g/mol. The monoisotopic (exact) mass is 1840 g/mol. The number of hydrogen-bond acceptors (Lipinski definition) is 6. The van der Waals surface area contributed by atoms with Crippen molar-refractivity contribution in [2.75, 3.05) is 19.6 Å². The van der Waals surface area contributed by atoms with Gasteiger partial charge in [-0.2, -0.15) is 0 Å². The Morgan fingerprint density at radius 1 is 0.169 bits per heavy atom. The smallest absolute Gasteiger partial charge is 0.148 e. The standard InChI is InChI=1S/C70H53FN2O.C64H49FN2O/c1-69(2)59-44-52(72(51-32-18-9-19-33-51)62-36-22-20-34-54(62)47-26-12-6-13-27-47)38-40-56(59)67-64(69)65-68(74-67)57-41-39-53(45-60(57)70(65,3)4)73(63-37-23-21-35-55(63)48-28-14-7-15-29-48)66-58(49-30-16-8-17-31-49)42-50(43-61(66)71)46-24-10-5-11-25-46;1-63(2)54-40-48(66(46-28-16-8-17-29-46)57-33-21-20-32-50(57)43-24-12-6-13-25-43)34-36-51(54)61-58(63)59-62(68-61)52-37-35-49(41-55(52)64(59,3)4)67(47-30-18-9-19-31-47)60-53(44-26-14-7-15-27-44)38-45(39-56(60)65)42-22-10-5-11-23-42/h5-45H,1-4H3;5-41H,1-4H3. The van der Waals surface area contributed by atoms with Gasteiger partial charge in [0.2, 0.25) is 0 Å². The minimum Gasteiger partial charge on any atom is -0.455 e. The molecule has 8 heteroatoms. The van der Waals surface area contributed by atoms with E-state index in [0.29, 0.717) is 11.4 Å². The molecule has 0 saturated carbocycles. The fourth-order valence-electron chi connectivity index (χ4n) is 23.0. The van der Waals surface area contributed by atoms with Gasteiger partial charge in [0, 0.05) is 134 Å². The minimum atomic E-state index is -0.479. The molecule has 0 N–H and O–H groups in total. The van der Waals surface area contributed by atoms with Gasteiger partial charge in [0.1, 0.15) is 34.7 Å². The van der Waals surface area contributed by atoms with E-state index >= 15 is 8.78 Å².